The number of carbonyl (C=O) groups is 1. The summed E-state index contributed by atoms with van der Waals surface area (Å²) in [5.74, 6) is -0.345. The molecular formula is C14H21FN2O. The van der Waals surface area contributed by atoms with E-state index in [0.717, 1.165) is 17.5 Å². The zero-order chi connectivity index (χ0) is 13.5. The SMILES string of the molecule is CCC[C@@H](N)C(=O)NCCc1ccc(F)cc1C. The van der Waals surface area contributed by atoms with Crippen LogP contribution in [-0.4, -0.2) is 18.5 Å². The van der Waals surface area contributed by atoms with Gasteiger partial charge in [-0.3, -0.25) is 4.79 Å². The van der Waals surface area contributed by atoms with Gasteiger partial charge < -0.3 is 11.1 Å². The molecule has 0 saturated carbocycles. The van der Waals surface area contributed by atoms with E-state index in [2.05, 4.69) is 5.32 Å². The first kappa shape index (κ1) is 14.6. The molecule has 0 aliphatic heterocycles. The van der Waals surface area contributed by atoms with E-state index in [1.54, 1.807) is 6.07 Å². The topological polar surface area (TPSA) is 55.1 Å². The largest absolute Gasteiger partial charge is 0.354 e. The third-order valence-corrected chi connectivity index (χ3v) is 2.93. The number of rotatable bonds is 6. The lowest BCUT2D eigenvalue weighted by Gasteiger charge is -2.12. The lowest BCUT2D eigenvalue weighted by molar-refractivity contribution is -0.122. The predicted molar refractivity (Wildman–Crippen MR) is 70.7 cm³/mol. The second-order valence-electron chi connectivity index (χ2n) is 4.51. The highest BCUT2D eigenvalue weighted by molar-refractivity contribution is 5.81. The maximum Gasteiger partial charge on any atom is 0.236 e. The quantitative estimate of drug-likeness (QED) is 0.812. The summed E-state index contributed by atoms with van der Waals surface area (Å²) in [7, 11) is 0. The fourth-order valence-electron chi connectivity index (χ4n) is 1.83. The molecule has 1 amide bonds. The van der Waals surface area contributed by atoms with Crippen LogP contribution in [0.2, 0.25) is 0 Å². The van der Waals surface area contributed by atoms with E-state index in [1.807, 2.05) is 13.8 Å². The number of benzene rings is 1. The van der Waals surface area contributed by atoms with Crippen molar-refractivity contribution in [1.29, 1.82) is 0 Å². The molecule has 0 aliphatic carbocycles. The van der Waals surface area contributed by atoms with Crippen molar-refractivity contribution < 1.29 is 9.18 Å². The predicted octanol–water partition coefficient (Wildman–Crippen LogP) is 1.92. The lowest BCUT2D eigenvalue weighted by atomic mass is 10.1. The highest BCUT2D eigenvalue weighted by Gasteiger charge is 2.11. The normalized spacial score (nSPS) is 12.2. The van der Waals surface area contributed by atoms with Gasteiger partial charge in [0.1, 0.15) is 5.82 Å². The van der Waals surface area contributed by atoms with Crippen LogP contribution < -0.4 is 11.1 Å². The average Bonchev–Trinajstić information content (AvgIpc) is 2.32. The minimum absolute atomic E-state index is 0.114. The van der Waals surface area contributed by atoms with Crippen molar-refractivity contribution in [3.05, 3.63) is 35.1 Å². The molecule has 0 aromatic heterocycles. The van der Waals surface area contributed by atoms with E-state index in [0.29, 0.717) is 19.4 Å². The van der Waals surface area contributed by atoms with Crippen LogP contribution in [0.5, 0.6) is 0 Å². The molecule has 0 fully saturated rings. The monoisotopic (exact) mass is 252 g/mol. The number of nitrogens with two attached hydrogens (primary N) is 1. The zero-order valence-electron chi connectivity index (χ0n) is 11.0. The van der Waals surface area contributed by atoms with Gasteiger partial charge in [-0.05, 0) is 43.0 Å². The summed E-state index contributed by atoms with van der Waals surface area (Å²) >= 11 is 0. The Morgan fingerprint density at radius 1 is 1.50 bits per heavy atom. The summed E-state index contributed by atoms with van der Waals surface area (Å²) < 4.78 is 12.9. The Morgan fingerprint density at radius 3 is 2.83 bits per heavy atom. The Balaban J connectivity index is 2.39. The molecule has 1 aromatic rings. The summed E-state index contributed by atoms with van der Waals surface area (Å²) in [5.41, 5.74) is 7.64. The molecular weight excluding hydrogens is 231 g/mol. The Kier molecular flexibility index (Phi) is 5.78. The molecule has 0 heterocycles. The third-order valence-electron chi connectivity index (χ3n) is 2.93. The first-order chi connectivity index (χ1) is 8.54. The van der Waals surface area contributed by atoms with Gasteiger partial charge in [0.15, 0.2) is 0 Å². The number of carbonyl (C=O) groups excluding carboxylic acids is 1. The van der Waals surface area contributed by atoms with Crippen LogP contribution in [0.25, 0.3) is 0 Å². The van der Waals surface area contributed by atoms with Crippen molar-refractivity contribution >= 4 is 5.91 Å². The van der Waals surface area contributed by atoms with Crippen LogP contribution in [0.3, 0.4) is 0 Å². The van der Waals surface area contributed by atoms with Crippen LogP contribution in [-0.2, 0) is 11.2 Å². The van der Waals surface area contributed by atoms with Gasteiger partial charge in [0.2, 0.25) is 5.91 Å². The van der Waals surface area contributed by atoms with Gasteiger partial charge in [-0.25, -0.2) is 4.39 Å². The molecule has 3 nitrogen and oxygen atoms in total. The van der Waals surface area contributed by atoms with Gasteiger partial charge in [0, 0.05) is 6.54 Å². The Hall–Kier alpha value is -1.42. The molecule has 1 aromatic carbocycles. The summed E-state index contributed by atoms with van der Waals surface area (Å²) in [5, 5.41) is 2.80. The number of nitrogens with one attached hydrogen (secondary N) is 1. The first-order valence-electron chi connectivity index (χ1n) is 6.33. The van der Waals surface area contributed by atoms with Crippen molar-refractivity contribution in [2.24, 2.45) is 5.73 Å². The fourth-order valence-corrected chi connectivity index (χ4v) is 1.83. The Labute approximate surface area is 108 Å². The Bertz CT molecular complexity index is 407. The van der Waals surface area contributed by atoms with E-state index in [4.69, 9.17) is 5.73 Å². The second-order valence-corrected chi connectivity index (χ2v) is 4.51. The van der Waals surface area contributed by atoms with Crippen LogP contribution in [0, 0.1) is 12.7 Å². The van der Waals surface area contributed by atoms with Crippen LogP contribution >= 0.6 is 0 Å². The molecule has 100 valence electrons. The minimum Gasteiger partial charge on any atom is -0.354 e. The molecule has 3 N–H and O–H groups in total. The highest BCUT2D eigenvalue weighted by Crippen LogP contribution is 2.10. The number of amides is 1. The van der Waals surface area contributed by atoms with Crippen LogP contribution in [0.1, 0.15) is 30.9 Å². The van der Waals surface area contributed by atoms with Crippen molar-refractivity contribution in [2.75, 3.05) is 6.54 Å². The van der Waals surface area contributed by atoms with Gasteiger partial charge in [0.25, 0.3) is 0 Å². The average molecular weight is 252 g/mol. The molecule has 1 atom stereocenters. The van der Waals surface area contributed by atoms with E-state index in [9.17, 15) is 9.18 Å². The van der Waals surface area contributed by atoms with Gasteiger partial charge >= 0.3 is 0 Å². The summed E-state index contributed by atoms with van der Waals surface area (Å²) in [4.78, 5) is 11.6. The first-order valence-corrected chi connectivity index (χ1v) is 6.33. The molecule has 1 rings (SSSR count). The summed E-state index contributed by atoms with van der Waals surface area (Å²) in [6.07, 6.45) is 2.28. The summed E-state index contributed by atoms with van der Waals surface area (Å²) in [6.45, 7) is 4.39. The van der Waals surface area contributed by atoms with E-state index >= 15 is 0 Å². The fraction of sp³-hybridized carbons (Fsp3) is 0.500. The van der Waals surface area contributed by atoms with E-state index < -0.39 is 6.04 Å². The van der Waals surface area contributed by atoms with E-state index in [1.165, 1.54) is 12.1 Å². The highest BCUT2D eigenvalue weighted by atomic mass is 19.1. The summed E-state index contributed by atoms with van der Waals surface area (Å²) in [6, 6.07) is 4.26. The number of hydrogen-bond donors (Lipinski definition) is 2. The van der Waals surface area contributed by atoms with Gasteiger partial charge in [-0.1, -0.05) is 19.4 Å². The molecule has 18 heavy (non-hydrogen) atoms. The van der Waals surface area contributed by atoms with E-state index in [-0.39, 0.29) is 11.7 Å². The maximum absolute atomic E-state index is 12.9. The number of hydrogen-bond acceptors (Lipinski definition) is 2. The van der Waals surface area contributed by atoms with Crippen molar-refractivity contribution in [2.45, 2.75) is 39.2 Å². The van der Waals surface area contributed by atoms with Gasteiger partial charge in [-0.15, -0.1) is 0 Å². The van der Waals surface area contributed by atoms with Crippen molar-refractivity contribution in [1.82, 2.24) is 5.32 Å². The van der Waals surface area contributed by atoms with Crippen molar-refractivity contribution in [3.8, 4) is 0 Å². The smallest absolute Gasteiger partial charge is 0.236 e. The zero-order valence-corrected chi connectivity index (χ0v) is 11.0. The molecule has 0 unspecified atom stereocenters. The van der Waals surface area contributed by atoms with Gasteiger partial charge in [-0.2, -0.15) is 0 Å². The molecule has 0 spiro atoms. The molecule has 0 aliphatic rings. The lowest BCUT2D eigenvalue weighted by Crippen LogP contribution is -2.41. The maximum atomic E-state index is 12.9. The Morgan fingerprint density at radius 2 is 2.22 bits per heavy atom. The van der Waals surface area contributed by atoms with Crippen LogP contribution in [0.4, 0.5) is 4.39 Å². The second kappa shape index (κ2) is 7.11. The molecule has 0 saturated heterocycles. The standard InChI is InChI=1S/C14H21FN2O/c1-3-4-13(16)14(18)17-8-7-11-5-6-12(15)9-10(11)2/h5-6,9,13H,3-4,7-8,16H2,1-2H3,(H,17,18)/t13-/m1/s1. The van der Waals surface area contributed by atoms with Crippen molar-refractivity contribution in [3.63, 3.8) is 0 Å². The van der Waals surface area contributed by atoms with Crippen LogP contribution in [0.15, 0.2) is 18.2 Å². The number of halogens is 1. The molecule has 4 heteroatoms. The molecule has 0 bridgehead atoms. The van der Waals surface area contributed by atoms with Gasteiger partial charge in [0.05, 0.1) is 6.04 Å². The molecule has 0 radical (unpaired) electrons. The number of aryl methyl sites for hydroxylation is 1. The third kappa shape index (κ3) is 4.45. The minimum atomic E-state index is -0.427.